The lowest BCUT2D eigenvalue weighted by molar-refractivity contribution is -0.128. The number of hydrogen-bond acceptors (Lipinski definition) is 5. The fourth-order valence-corrected chi connectivity index (χ4v) is 3.26. The minimum absolute atomic E-state index is 0.179. The summed E-state index contributed by atoms with van der Waals surface area (Å²) in [5, 5.41) is 0. The van der Waals surface area contributed by atoms with Gasteiger partial charge in [-0.15, -0.1) is 11.3 Å². The molecule has 0 spiro atoms. The lowest BCUT2D eigenvalue weighted by Gasteiger charge is -2.15. The molecule has 0 atom stereocenters. The summed E-state index contributed by atoms with van der Waals surface area (Å²) in [7, 11) is 0. The first-order chi connectivity index (χ1) is 11.1. The van der Waals surface area contributed by atoms with E-state index >= 15 is 0 Å². The van der Waals surface area contributed by atoms with Crippen LogP contribution >= 0.6 is 11.3 Å². The van der Waals surface area contributed by atoms with E-state index in [1.807, 2.05) is 24.0 Å². The molecule has 1 aromatic heterocycles. The highest BCUT2D eigenvalue weighted by molar-refractivity contribution is 7.09. The van der Waals surface area contributed by atoms with Crippen LogP contribution in [0, 0.1) is 6.92 Å². The Morgan fingerprint density at radius 2 is 2.30 bits per heavy atom. The topological polar surface area (TPSA) is 59.5 Å². The maximum absolute atomic E-state index is 12.2. The third-order valence-corrected chi connectivity index (χ3v) is 4.80. The molecule has 1 fully saturated rings. The maximum atomic E-state index is 12.2. The van der Waals surface area contributed by atoms with E-state index in [0.29, 0.717) is 18.5 Å². The molecule has 23 heavy (non-hydrogen) atoms. The van der Waals surface area contributed by atoms with E-state index in [1.54, 1.807) is 17.6 Å². The first kappa shape index (κ1) is 15.7. The number of hydrogen-bond donors (Lipinski definition) is 0. The summed E-state index contributed by atoms with van der Waals surface area (Å²) in [4.78, 5) is 30.8. The fraction of sp³-hybridized carbons (Fsp3) is 0.353. The predicted octanol–water partition coefficient (Wildman–Crippen LogP) is 2.93. The highest BCUT2D eigenvalue weighted by Crippen LogP contribution is 2.17. The third kappa shape index (κ3) is 3.76. The summed E-state index contributed by atoms with van der Waals surface area (Å²) in [6.07, 6.45) is 1.53. The number of amides is 1. The van der Waals surface area contributed by atoms with Crippen LogP contribution in [0.15, 0.2) is 29.8 Å². The monoisotopic (exact) mass is 330 g/mol. The molecule has 0 saturated carbocycles. The number of aryl methyl sites for hydroxylation is 1. The second-order valence-electron chi connectivity index (χ2n) is 5.56. The van der Waals surface area contributed by atoms with Gasteiger partial charge in [0.05, 0.1) is 21.6 Å². The van der Waals surface area contributed by atoms with E-state index in [-0.39, 0.29) is 18.5 Å². The standard InChI is InChI=1S/C17H18N2O3S/c1-12-15(23-11-18-12)10-22-17(21)14-5-2-4-13(8-14)9-19-7-3-6-16(19)20/h2,4-5,8,11H,3,6-7,9-10H2,1H3. The maximum Gasteiger partial charge on any atom is 0.338 e. The van der Waals surface area contributed by atoms with Gasteiger partial charge in [0, 0.05) is 19.5 Å². The molecule has 5 nitrogen and oxygen atoms in total. The Bertz CT molecular complexity index is 726. The van der Waals surface area contributed by atoms with Crippen molar-refractivity contribution in [3.8, 4) is 0 Å². The van der Waals surface area contributed by atoms with Crippen LogP contribution in [0.4, 0.5) is 0 Å². The van der Waals surface area contributed by atoms with Crippen LogP contribution in [0.5, 0.6) is 0 Å². The number of thiazole rings is 1. The molecule has 0 N–H and O–H groups in total. The Morgan fingerprint density at radius 1 is 1.43 bits per heavy atom. The predicted molar refractivity (Wildman–Crippen MR) is 87.1 cm³/mol. The first-order valence-electron chi connectivity index (χ1n) is 7.56. The highest BCUT2D eigenvalue weighted by atomic mass is 32.1. The fourth-order valence-electron chi connectivity index (χ4n) is 2.57. The van der Waals surface area contributed by atoms with Gasteiger partial charge < -0.3 is 9.64 Å². The van der Waals surface area contributed by atoms with Gasteiger partial charge in [-0.1, -0.05) is 12.1 Å². The first-order valence-corrected chi connectivity index (χ1v) is 8.44. The van der Waals surface area contributed by atoms with Crippen molar-refractivity contribution in [1.29, 1.82) is 0 Å². The summed E-state index contributed by atoms with van der Waals surface area (Å²) < 4.78 is 5.35. The number of benzene rings is 1. The van der Waals surface area contributed by atoms with Crippen LogP contribution in [0.3, 0.4) is 0 Å². The van der Waals surface area contributed by atoms with Crippen molar-refractivity contribution in [3.05, 3.63) is 51.5 Å². The zero-order chi connectivity index (χ0) is 16.2. The SMILES string of the molecule is Cc1ncsc1COC(=O)c1cccc(CN2CCCC2=O)c1. The molecular weight excluding hydrogens is 312 g/mol. The van der Waals surface area contributed by atoms with E-state index in [1.165, 1.54) is 11.3 Å². The van der Waals surface area contributed by atoms with Gasteiger partial charge in [0.1, 0.15) is 6.61 Å². The number of esters is 1. The number of aromatic nitrogens is 1. The molecule has 2 aromatic rings. The normalized spacial score (nSPS) is 14.3. The largest absolute Gasteiger partial charge is 0.456 e. The van der Waals surface area contributed by atoms with Gasteiger partial charge in [0.25, 0.3) is 0 Å². The quantitative estimate of drug-likeness (QED) is 0.791. The summed E-state index contributed by atoms with van der Waals surface area (Å²) in [6.45, 7) is 3.48. The van der Waals surface area contributed by atoms with Gasteiger partial charge in [-0.2, -0.15) is 0 Å². The average molecular weight is 330 g/mol. The summed E-state index contributed by atoms with van der Waals surface area (Å²) in [6, 6.07) is 7.28. The van der Waals surface area contributed by atoms with Crippen LogP contribution in [0.1, 0.15) is 39.3 Å². The van der Waals surface area contributed by atoms with Gasteiger partial charge in [-0.25, -0.2) is 9.78 Å². The molecule has 1 amide bonds. The zero-order valence-electron chi connectivity index (χ0n) is 12.9. The molecule has 1 aliphatic rings. The summed E-state index contributed by atoms with van der Waals surface area (Å²) in [5.41, 5.74) is 4.09. The smallest absolute Gasteiger partial charge is 0.338 e. The third-order valence-electron chi connectivity index (χ3n) is 3.89. The van der Waals surface area contributed by atoms with Gasteiger partial charge in [0.15, 0.2) is 0 Å². The van der Waals surface area contributed by atoms with Crippen molar-refractivity contribution in [3.63, 3.8) is 0 Å². The van der Waals surface area contributed by atoms with Gasteiger partial charge in [-0.3, -0.25) is 4.79 Å². The van der Waals surface area contributed by atoms with Crippen LogP contribution in [0.2, 0.25) is 0 Å². The number of likely N-dealkylation sites (tertiary alicyclic amines) is 1. The van der Waals surface area contributed by atoms with Gasteiger partial charge >= 0.3 is 5.97 Å². The van der Waals surface area contributed by atoms with Gasteiger partial charge in [0.2, 0.25) is 5.91 Å². The molecule has 1 saturated heterocycles. The highest BCUT2D eigenvalue weighted by Gasteiger charge is 2.20. The molecule has 1 aromatic carbocycles. The van der Waals surface area contributed by atoms with Crippen molar-refractivity contribution in [2.75, 3.05) is 6.54 Å². The van der Waals surface area contributed by atoms with E-state index in [4.69, 9.17) is 4.74 Å². The zero-order valence-corrected chi connectivity index (χ0v) is 13.8. The van der Waals surface area contributed by atoms with Crippen LogP contribution in [0.25, 0.3) is 0 Å². The van der Waals surface area contributed by atoms with E-state index < -0.39 is 0 Å². The minimum atomic E-state index is -0.354. The van der Waals surface area contributed by atoms with Crippen LogP contribution in [-0.2, 0) is 22.7 Å². The van der Waals surface area contributed by atoms with Crippen LogP contribution < -0.4 is 0 Å². The van der Waals surface area contributed by atoms with E-state index in [9.17, 15) is 9.59 Å². The number of rotatable bonds is 5. The van der Waals surface area contributed by atoms with Crippen molar-refractivity contribution in [2.24, 2.45) is 0 Å². The summed E-state index contributed by atoms with van der Waals surface area (Å²) >= 11 is 1.48. The Kier molecular flexibility index (Phi) is 4.71. The summed E-state index contributed by atoms with van der Waals surface area (Å²) in [5.74, 6) is -0.175. The van der Waals surface area contributed by atoms with Crippen molar-refractivity contribution < 1.29 is 14.3 Å². The number of carbonyl (C=O) groups is 2. The molecule has 0 aliphatic carbocycles. The lowest BCUT2D eigenvalue weighted by atomic mass is 10.1. The second kappa shape index (κ2) is 6.91. The van der Waals surface area contributed by atoms with Crippen molar-refractivity contribution in [2.45, 2.75) is 32.9 Å². The van der Waals surface area contributed by atoms with E-state index in [0.717, 1.165) is 29.1 Å². The molecule has 3 rings (SSSR count). The molecule has 120 valence electrons. The minimum Gasteiger partial charge on any atom is -0.456 e. The molecular formula is C17H18N2O3S. The Labute approximate surface area is 138 Å². The van der Waals surface area contributed by atoms with E-state index in [2.05, 4.69) is 4.98 Å². The molecule has 1 aliphatic heterocycles. The number of ether oxygens (including phenoxy) is 1. The average Bonchev–Trinajstić information content (AvgIpc) is 3.14. The molecule has 0 bridgehead atoms. The van der Waals surface area contributed by atoms with Crippen LogP contribution in [-0.4, -0.2) is 28.3 Å². The number of nitrogens with zero attached hydrogens (tertiary/aromatic N) is 2. The second-order valence-corrected chi connectivity index (χ2v) is 6.50. The van der Waals surface area contributed by atoms with Crippen molar-refractivity contribution in [1.82, 2.24) is 9.88 Å². The molecule has 0 radical (unpaired) electrons. The molecule has 0 unspecified atom stereocenters. The van der Waals surface area contributed by atoms with Gasteiger partial charge in [-0.05, 0) is 31.0 Å². The molecule has 6 heteroatoms. The molecule has 2 heterocycles. The number of carbonyl (C=O) groups excluding carboxylic acids is 2. The Balaban J connectivity index is 1.63. The Morgan fingerprint density at radius 3 is 3.00 bits per heavy atom. The van der Waals surface area contributed by atoms with Crippen molar-refractivity contribution >= 4 is 23.2 Å². The lowest BCUT2D eigenvalue weighted by Crippen LogP contribution is -2.23. The Hall–Kier alpha value is -2.21.